The number of aromatic amines is 1. The number of aromatic nitrogens is 6. The Morgan fingerprint density at radius 2 is 1.65 bits per heavy atom. The molecule has 3 aromatic heterocycles. The minimum Gasteiger partial charge on any atom is -0.361 e. The molecule has 0 radical (unpaired) electrons. The summed E-state index contributed by atoms with van der Waals surface area (Å²) in [7, 11) is 2.04. The Labute approximate surface area is 261 Å². The third-order valence-corrected chi connectivity index (χ3v) is 8.14. The summed E-state index contributed by atoms with van der Waals surface area (Å²) in [5.41, 5.74) is 4.03. The van der Waals surface area contributed by atoms with Gasteiger partial charge in [-0.15, -0.1) is 0 Å². The fourth-order valence-corrected chi connectivity index (χ4v) is 5.52. The number of rotatable bonds is 7. The molecule has 1 aliphatic rings. The van der Waals surface area contributed by atoms with Gasteiger partial charge in [0.05, 0.1) is 36.0 Å². The van der Waals surface area contributed by atoms with Crippen molar-refractivity contribution in [3.05, 3.63) is 102 Å². The molecule has 0 unspecified atom stereocenters. The van der Waals surface area contributed by atoms with Gasteiger partial charge in [0.15, 0.2) is 17.3 Å². The van der Waals surface area contributed by atoms with Crippen LogP contribution in [-0.4, -0.2) is 78.4 Å². The highest BCUT2D eigenvalue weighted by atomic mass is 19.4. The first-order valence-electron chi connectivity index (χ1n) is 14.9. The monoisotopic (exact) mass is 625 g/mol. The molecule has 7 rings (SSSR count). The largest absolute Gasteiger partial charge is 0.416 e. The van der Waals surface area contributed by atoms with Gasteiger partial charge in [-0.05, 0) is 49.0 Å². The molecule has 234 valence electrons. The Hall–Kier alpha value is -5.30. The van der Waals surface area contributed by atoms with E-state index in [2.05, 4.69) is 25.2 Å². The molecule has 1 amide bonds. The van der Waals surface area contributed by atoms with Crippen LogP contribution in [0.4, 0.5) is 19.0 Å². The molecular weight excluding hydrogens is 595 g/mol. The minimum absolute atomic E-state index is 0.0150. The lowest BCUT2D eigenvalue weighted by Gasteiger charge is -2.32. The number of nitrogens with zero attached hydrogens (tertiary/aromatic N) is 7. The molecule has 1 fully saturated rings. The molecule has 13 heteroatoms. The fourth-order valence-electron chi connectivity index (χ4n) is 5.52. The smallest absolute Gasteiger partial charge is 0.361 e. The van der Waals surface area contributed by atoms with E-state index in [1.54, 1.807) is 23.0 Å². The molecule has 0 spiro atoms. The van der Waals surface area contributed by atoms with E-state index >= 15 is 0 Å². The van der Waals surface area contributed by atoms with E-state index in [0.717, 1.165) is 36.3 Å². The van der Waals surface area contributed by atoms with Crippen LogP contribution in [0, 0.1) is 0 Å². The Morgan fingerprint density at radius 3 is 2.37 bits per heavy atom. The predicted octanol–water partition coefficient (Wildman–Crippen LogP) is 5.44. The third kappa shape index (κ3) is 6.01. The van der Waals surface area contributed by atoms with Gasteiger partial charge in [0.25, 0.3) is 5.91 Å². The average Bonchev–Trinajstić information content (AvgIpc) is 3.67. The van der Waals surface area contributed by atoms with Crippen molar-refractivity contribution >= 4 is 33.9 Å². The van der Waals surface area contributed by atoms with Crippen LogP contribution in [0.25, 0.3) is 33.6 Å². The Bertz CT molecular complexity index is 1980. The number of piperazine rings is 1. The van der Waals surface area contributed by atoms with Crippen molar-refractivity contribution in [2.75, 3.05) is 38.5 Å². The number of nitrogens with one attached hydrogen (secondary N) is 2. The number of hydrogen-bond acceptors (Lipinski definition) is 7. The maximum absolute atomic E-state index is 13.1. The number of imidazole rings is 2. The fraction of sp³-hybridized carbons (Fsp3) is 0.242. The molecule has 1 saturated heterocycles. The summed E-state index contributed by atoms with van der Waals surface area (Å²) < 4.78 is 41.1. The molecular formula is C33H30F3N9O. The molecule has 1 aliphatic heterocycles. The lowest BCUT2D eigenvalue weighted by atomic mass is 10.1. The third-order valence-electron chi connectivity index (χ3n) is 8.14. The second-order valence-electron chi connectivity index (χ2n) is 11.4. The Kier molecular flexibility index (Phi) is 7.61. The van der Waals surface area contributed by atoms with E-state index in [1.165, 1.54) is 12.1 Å². The number of benzene rings is 3. The van der Waals surface area contributed by atoms with E-state index in [0.29, 0.717) is 65.0 Å². The van der Waals surface area contributed by atoms with E-state index in [4.69, 9.17) is 9.97 Å². The zero-order chi connectivity index (χ0) is 31.8. The molecule has 4 heterocycles. The number of amides is 1. The van der Waals surface area contributed by atoms with E-state index in [9.17, 15) is 18.0 Å². The standard InChI is InChI=1S/C33H30F3N9O/c1-43-14-16-44(17-15-43)32(46)23-10-8-22(9-11-23)29-41-30(37-18-27-39-25-4-2-3-5-26(25)40-27)28-31(42-29)45(20-38-28)19-21-6-12-24(13-7-21)33(34,35)36/h2-13,20H,14-19H2,1H3,(H,39,40)(H,37,41,42). The highest BCUT2D eigenvalue weighted by Crippen LogP contribution is 2.30. The van der Waals surface area contributed by atoms with Crippen LogP contribution in [0.5, 0.6) is 0 Å². The van der Waals surface area contributed by atoms with Crippen LogP contribution in [0.2, 0.25) is 0 Å². The van der Waals surface area contributed by atoms with Gasteiger partial charge in [0.1, 0.15) is 11.3 Å². The number of para-hydroxylation sites is 2. The van der Waals surface area contributed by atoms with Crippen molar-refractivity contribution in [2.24, 2.45) is 0 Å². The van der Waals surface area contributed by atoms with Crippen LogP contribution in [0.3, 0.4) is 0 Å². The molecule has 46 heavy (non-hydrogen) atoms. The normalized spacial score (nSPS) is 14.3. The number of H-pyrrole nitrogens is 1. The summed E-state index contributed by atoms with van der Waals surface area (Å²) in [6.45, 7) is 3.63. The zero-order valence-electron chi connectivity index (χ0n) is 24.9. The lowest BCUT2D eigenvalue weighted by Crippen LogP contribution is -2.47. The van der Waals surface area contributed by atoms with Crippen LogP contribution in [0.15, 0.2) is 79.1 Å². The summed E-state index contributed by atoms with van der Waals surface area (Å²) in [6.07, 6.45) is -2.81. The molecule has 2 N–H and O–H groups in total. The highest BCUT2D eigenvalue weighted by Gasteiger charge is 2.30. The maximum Gasteiger partial charge on any atom is 0.416 e. The maximum atomic E-state index is 13.1. The number of carbonyl (C=O) groups is 1. The van der Waals surface area contributed by atoms with Crippen molar-refractivity contribution in [2.45, 2.75) is 19.3 Å². The van der Waals surface area contributed by atoms with Gasteiger partial charge in [-0.3, -0.25) is 4.79 Å². The number of hydrogen-bond donors (Lipinski definition) is 2. The first kappa shape index (κ1) is 29.4. The number of fused-ring (bicyclic) bond motifs is 2. The van der Waals surface area contributed by atoms with Crippen LogP contribution >= 0.6 is 0 Å². The summed E-state index contributed by atoms with van der Waals surface area (Å²) in [4.78, 5) is 39.3. The van der Waals surface area contributed by atoms with Crippen molar-refractivity contribution in [3.8, 4) is 11.4 Å². The number of likely N-dealkylation sites (N-methyl/N-ethyl adjacent to an activating group) is 1. The molecule has 0 bridgehead atoms. The zero-order valence-corrected chi connectivity index (χ0v) is 24.9. The summed E-state index contributed by atoms with van der Waals surface area (Å²) in [5.74, 6) is 1.58. The molecule has 6 aromatic rings. The van der Waals surface area contributed by atoms with Gasteiger partial charge in [-0.25, -0.2) is 19.9 Å². The van der Waals surface area contributed by atoms with Gasteiger partial charge >= 0.3 is 6.18 Å². The van der Waals surface area contributed by atoms with E-state index in [-0.39, 0.29) is 12.5 Å². The molecule has 0 saturated carbocycles. The molecule has 0 aliphatic carbocycles. The van der Waals surface area contributed by atoms with Crippen LogP contribution in [0.1, 0.15) is 27.3 Å². The SMILES string of the molecule is CN1CCN(C(=O)c2ccc(-c3nc(NCc4nc5ccccc5[nH]4)c4ncn(Cc5ccc(C(F)(F)F)cc5)c4n3)cc2)CC1. The highest BCUT2D eigenvalue weighted by molar-refractivity contribution is 5.95. The van der Waals surface area contributed by atoms with Crippen LogP contribution < -0.4 is 5.32 Å². The van der Waals surface area contributed by atoms with Crippen molar-refractivity contribution in [3.63, 3.8) is 0 Å². The molecule has 0 atom stereocenters. The summed E-state index contributed by atoms with van der Waals surface area (Å²) in [6, 6.07) is 20.0. The Morgan fingerprint density at radius 1 is 0.913 bits per heavy atom. The van der Waals surface area contributed by atoms with E-state index < -0.39 is 11.7 Å². The second-order valence-corrected chi connectivity index (χ2v) is 11.4. The Balaban J connectivity index is 1.21. The van der Waals surface area contributed by atoms with Gasteiger partial charge in [0, 0.05) is 37.3 Å². The molecule has 10 nitrogen and oxygen atoms in total. The van der Waals surface area contributed by atoms with Crippen molar-refractivity contribution in [1.29, 1.82) is 0 Å². The van der Waals surface area contributed by atoms with Crippen molar-refractivity contribution in [1.82, 2.24) is 39.3 Å². The predicted molar refractivity (Wildman–Crippen MR) is 168 cm³/mol. The van der Waals surface area contributed by atoms with Crippen LogP contribution in [-0.2, 0) is 19.3 Å². The van der Waals surface area contributed by atoms with Gasteiger partial charge in [-0.1, -0.05) is 36.4 Å². The van der Waals surface area contributed by atoms with Crippen molar-refractivity contribution < 1.29 is 18.0 Å². The summed E-state index contributed by atoms with van der Waals surface area (Å²) >= 11 is 0. The van der Waals surface area contributed by atoms with Gasteiger partial charge in [-0.2, -0.15) is 13.2 Å². The van der Waals surface area contributed by atoms with E-state index in [1.807, 2.05) is 48.3 Å². The number of alkyl halides is 3. The number of carbonyl (C=O) groups excluding carboxylic acids is 1. The number of halogens is 3. The lowest BCUT2D eigenvalue weighted by molar-refractivity contribution is -0.137. The first-order chi connectivity index (χ1) is 22.2. The molecule has 3 aromatic carbocycles. The second kappa shape index (κ2) is 11.9. The summed E-state index contributed by atoms with van der Waals surface area (Å²) in [5, 5.41) is 3.34. The van der Waals surface area contributed by atoms with Gasteiger partial charge < -0.3 is 24.7 Å². The topological polar surface area (TPSA) is 108 Å². The average molecular weight is 626 g/mol. The minimum atomic E-state index is -4.41. The van der Waals surface area contributed by atoms with Gasteiger partial charge in [0.2, 0.25) is 0 Å². The first-order valence-corrected chi connectivity index (χ1v) is 14.9. The quantitative estimate of drug-likeness (QED) is 0.244. The number of anilines is 1.